The molecule has 9 aromatic rings. The minimum Gasteiger partial charge on any atom is -0.497 e. The van der Waals surface area contributed by atoms with Crippen molar-refractivity contribution >= 4 is 86.7 Å². The van der Waals surface area contributed by atoms with Crippen LogP contribution in [0.1, 0.15) is 0 Å². The second-order valence-corrected chi connectivity index (χ2v) is 12.2. The predicted octanol–water partition coefficient (Wildman–Crippen LogP) is 10.9. The summed E-state index contributed by atoms with van der Waals surface area (Å²) in [5, 5.41) is 11.5. The topological polar surface area (TPSA) is 44.2 Å². The van der Waals surface area contributed by atoms with Gasteiger partial charge in [0.05, 0.1) is 14.2 Å². The maximum Gasteiger partial charge on any atom is 0.124 e. The molecule has 0 saturated carbocycles. The molecule has 8 bridgehead atoms. The monoisotopic (exact) mass is 662 g/mol. The molecule has 0 spiro atoms. The summed E-state index contributed by atoms with van der Waals surface area (Å²) in [6.45, 7) is 0. The Balaban J connectivity index is 1.50. The standard InChI is InChI=1S/C48H26N2O2/c1-51-35-27-31-19-23-45-37-11-3-7-15-41(37)47(42-16-8-4-12-38(42)45)25-21-33-29-36(52-2)30-34(50-33)22-26-48-43-17-9-5-13-39(43)46(24-20-32(28-35)49-31)40-14-6-10-18-44(40)48/h3-18,27-30H,1-2H3. The van der Waals surface area contributed by atoms with Gasteiger partial charge in [-0.25, -0.2) is 9.97 Å². The van der Waals surface area contributed by atoms with Gasteiger partial charge in [-0.05, 0) is 67.4 Å². The van der Waals surface area contributed by atoms with Gasteiger partial charge < -0.3 is 9.47 Å². The fourth-order valence-corrected chi connectivity index (χ4v) is 6.80. The van der Waals surface area contributed by atoms with Crippen LogP contribution in [0.4, 0.5) is 0 Å². The number of rotatable bonds is 2. The van der Waals surface area contributed by atoms with Crippen molar-refractivity contribution in [1.82, 2.24) is 9.97 Å². The number of fused-ring (bicyclic) bond motifs is 10. The summed E-state index contributed by atoms with van der Waals surface area (Å²) >= 11 is 0. The number of hydrogen-bond acceptors (Lipinski definition) is 4. The van der Waals surface area contributed by atoms with E-state index in [0.29, 0.717) is 33.6 Å². The average Bonchev–Trinajstić information content (AvgIpc) is 3.19. The summed E-state index contributed by atoms with van der Waals surface area (Å²) in [5.41, 5.74) is 2.23. The van der Waals surface area contributed by atoms with Crippen molar-refractivity contribution in [3.05, 3.63) is 170 Å². The van der Waals surface area contributed by atoms with Gasteiger partial charge in [-0.2, -0.15) is 0 Å². The Kier molecular flexibility index (Phi) is 7.49. The molecule has 9 rings (SSSR count). The number of benzene rings is 6. The van der Waals surface area contributed by atoms with Gasteiger partial charge in [-0.15, -0.1) is 0 Å². The maximum absolute atomic E-state index is 5.69. The molecular weight excluding hydrogens is 637 g/mol. The summed E-state index contributed by atoms with van der Waals surface area (Å²) in [7, 11) is 3.28. The van der Waals surface area contributed by atoms with Crippen molar-refractivity contribution in [2.75, 3.05) is 14.2 Å². The zero-order valence-electron chi connectivity index (χ0n) is 28.3. The number of aromatic nitrogens is 2. The molecule has 240 valence electrons. The van der Waals surface area contributed by atoms with E-state index in [2.05, 4.69) is 97.1 Å². The van der Waals surface area contributed by atoms with Crippen LogP contribution >= 0.6 is 0 Å². The third-order valence-electron chi connectivity index (χ3n) is 9.19. The van der Waals surface area contributed by atoms with E-state index in [9.17, 15) is 0 Å². The number of methoxy groups -OCH3 is 2. The molecule has 0 N–H and O–H groups in total. The van der Waals surface area contributed by atoms with Crippen LogP contribution in [0.2, 0.25) is 0 Å². The van der Waals surface area contributed by atoms with Crippen LogP contribution in [0, 0.1) is 48.5 Å². The van der Waals surface area contributed by atoms with E-state index < -0.39 is 0 Å². The lowest BCUT2D eigenvalue weighted by molar-refractivity contribution is 0.415. The number of ether oxygens (including phenoxy) is 2. The highest BCUT2D eigenvalue weighted by Crippen LogP contribution is 2.34. The van der Waals surface area contributed by atoms with Crippen LogP contribution in [0.25, 0.3) is 86.7 Å². The summed E-state index contributed by atoms with van der Waals surface area (Å²) in [4.78, 5) is 9.77. The second kappa shape index (κ2) is 12.8. The summed E-state index contributed by atoms with van der Waals surface area (Å²) < 4.78 is 11.4. The van der Waals surface area contributed by atoms with E-state index in [0.717, 1.165) is 64.6 Å². The lowest BCUT2D eigenvalue weighted by Gasteiger charge is -2.06. The summed E-state index contributed by atoms with van der Waals surface area (Å²) in [6.07, 6.45) is 0. The molecule has 0 radical (unpaired) electrons. The third-order valence-corrected chi connectivity index (χ3v) is 9.19. The molecule has 6 aromatic carbocycles. The zero-order valence-corrected chi connectivity index (χ0v) is 28.3. The Hall–Kier alpha value is -7.50. The second-order valence-electron chi connectivity index (χ2n) is 12.2. The normalized spacial score (nSPS) is 10.7. The Labute approximate surface area is 300 Å². The average molecular weight is 663 g/mol. The molecule has 52 heavy (non-hydrogen) atoms. The smallest absolute Gasteiger partial charge is 0.124 e. The number of hydrogen-bond donors (Lipinski definition) is 0. The first-order valence-corrected chi connectivity index (χ1v) is 16.7. The van der Waals surface area contributed by atoms with E-state index in [1.165, 1.54) is 0 Å². The first kappa shape index (κ1) is 30.6. The van der Waals surface area contributed by atoms with Gasteiger partial charge in [0.25, 0.3) is 0 Å². The fourth-order valence-electron chi connectivity index (χ4n) is 6.80. The van der Waals surface area contributed by atoms with E-state index in [1.54, 1.807) is 14.2 Å². The van der Waals surface area contributed by atoms with Crippen molar-refractivity contribution in [3.8, 4) is 11.5 Å². The van der Waals surface area contributed by atoms with Crippen LogP contribution in [0.3, 0.4) is 0 Å². The van der Waals surface area contributed by atoms with Gasteiger partial charge in [0.15, 0.2) is 0 Å². The van der Waals surface area contributed by atoms with Gasteiger partial charge in [0, 0.05) is 45.8 Å². The maximum atomic E-state index is 5.69. The molecule has 4 heteroatoms. The van der Waals surface area contributed by atoms with Crippen LogP contribution in [0.15, 0.2) is 121 Å². The quantitative estimate of drug-likeness (QED) is 0.173. The molecule has 0 amide bonds. The first-order chi connectivity index (χ1) is 25.7. The molecule has 3 heterocycles. The van der Waals surface area contributed by atoms with E-state index in [1.807, 2.05) is 72.8 Å². The van der Waals surface area contributed by atoms with Gasteiger partial charge in [0.2, 0.25) is 0 Å². The molecule has 0 fully saturated rings. The molecule has 0 saturated heterocycles. The SMILES string of the molecule is COc1cc2c#cc3c4ccccc4c(c#cc4cc(OC)cc(c#cc5c6ccccc6c(c#cc(c1)n2)c1ccccc51)n4)c1ccccc31. The van der Waals surface area contributed by atoms with Crippen LogP contribution < -0.4 is 9.47 Å². The molecule has 4 nitrogen and oxygen atoms in total. The molecule has 0 atom stereocenters. The van der Waals surface area contributed by atoms with E-state index in [4.69, 9.17) is 19.4 Å². The van der Waals surface area contributed by atoms with Crippen molar-refractivity contribution in [1.29, 1.82) is 0 Å². The van der Waals surface area contributed by atoms with Gasteiger partial charge >= 0.3 is 0 Å². The lowest BCUT2D eigenvalue weighted by atomic mass is 9.96. The van der Waals surface area contributed by atoms with Gasteiger partial charge in [0.1, 0.15) is 33.6 Å². The Bertz CT molecular complexity index is 2540. The first-order valence-electron chi connectivity index (χ1n) is 16.7. The largest absolute Gasteiger partial charge is 0.497 e. The number of pyridine rings is 2. The minimum absolute atomic E-state index is 0.558. The lowest BCUT2D eigenvalue weighted by Crippen LogP contribution is -1.84. The summed E-state index contributed by atoms with van der Waals surface area (Å²) in [6, 6.07) is 67.5. The van der Waals surface area contributed by atoms with Crippen LogP contribution in [-0.2, 0) is 0 Å². The van der Waals surface area contributed by atoms with E-state index in [-0.39, 0.29) is 0 Å². The highest BCUT2D eigenvalue weighted by atomic mass is 16.5. The van der Waals surface area contributed by atoms with Gasteiger partial charge in [-0.3, -0.25) is 0 Å². The summed E-state index contributed by atoms with van der Waals surface area (Å²) in [5.74, 6) is 1.26. The molecule has 3 aromatic heterocycles. The number of nitrogens with zero attached hydrogens (tertiary/aromatic N) is 2. The van der Waals surface area contributed by atoms with E-state index >= 15 is 0 Å². The predicted molar refractivity (Wildman–Crippen MR) is 210 cm³/mol. The fraction of sp³-hybridized carbons (Fsp3) is 0.0417. The van der Waals surface area contributed by atoms with Crippen molar-refractivity contribution in [3.63, 3.8) is 0 Å². The third kappa shape index (κ3) is 5.39. The molecule has 0 aliphatic heterocycles. The minimum atomic E-state index is 0.558. The Morgan fingerprint density at radius 2 is 0.538 bits per heavy atom. The van der Waals surface area contributed by atoms with Gasteiger partial charge in [-0.1, -0.05) is 121 Å². The molecular formula is C48H26N2O2. The Morgan fingerprint density at radius 3 is 0.731 bits per heavy atom. The van der Waals surface area contributed by atoms with Crippen molar-refractivity contribution in [2.45, 2.75) is 0 Å². The van der Waals surface area contributed by atoms with Crippen molar-refractivity contribution in [2.24, 2.45) is 0 Å². The highest BCUT2D eigenvalue weighted by Gasteiger charge is 2.08. The van der Waals surface area contributed by atoms with Crippen LogP contribution in [-0.4, -0.2) is 24.2 Å². The molecule has 0 unspecified atom stereocenters. The Morgan fingerprint density at radius 1 is 0.327 bits per heavy atom. The van der Waals surface area contributed by atoms with Crippen molar-refractivity contribution < 1.29 is 9.47 Å². The zero-order chi connectivity index (χ0) is 35.0. The van der Waals surface area contributed by atoms with Crippen LogP contribution in [0.5, 0.6) is 11.5 Å². The molecule has 0 aliphatic carbocycles. The highest BCUT2D eigenvalue weighted by molar-refractivity contribution is 6.25. The molecule has 0 aliphatic rings.